The third-order valence-electron chi connectivity index (χ3n) is 2.60. The number of benzene rings is 1. The molecule has 0 aliphatic heterocycles. The van der Waals surface area contributed by atoms with Gasteiger partial charge in [0, 0.05) is 16.6 Å². The van der Waals surface area contributed by atoms with Gasteiger partial charge in [-0.05, 0) is 36.4 Å². The summed E-state index contributed by atoms with van der Waals surface area (Å²) >= 11 is 5.89. The number of hydrogen-bond acceptors (Lipinski definition) is 3. The van der Waals surface area contributed by atoms with Crippen LogP contribution in [0.25, 0.3) is 11.0 Å². The number of hydrogen-bond donors (Lipinski definition) is 0. The van der Waals surface area contributed by atoms with Crippen LogP contribution in [-0.4, -0.2) is 10.8 Å². The highest BCUT2D eigenvalue weighted by Crippen LogP contribution is 2.24. The van der Waals surface area contributed by atoms with Gasteiger partial charge >= 0.3 is 0 Å². The second-order valence-electron chi connectivity index (χ2n) is 3.84. The van der Waals surface area contributed by atoms with Gasteiger partial charge in [0.2, 0.25) is 5.78 Å². The van der Waals surface area contributed by atoms with Crippen LogP contribution in [0.2, 0.25) is 5.02 Å². The van der Waals surface area contributed by atoms with Gasteiger partial charge in [-0.1, -0.05) is 17.7 Å². The normalized spacial score (nSPS) is 10.7. The number of pyridine rings is 1. The van der Waals surface area contributed by atoms with Crippen LogP contribution in [0, 0.1) is 0 Å². The number of aromatic nitrogens is 1. The van der Waals surface area contributed by atoms with E-state index in [4.69, 9.17) is 16.0 Å². The Kier molecular flexibility index (Phi) is 2.61. The summed E-state index contributed by atoms with van der Waals surface area (Å²) in [5.41, 5.74) is 1.00. The number of nitrogens with zero attached hydrogens (tertiary/aromatic N) is 1. The van der Waals surface area contributed by atoms with Crippen molar-refractivity contribution >= 4 is 28.4 Å². The molecular weight excluding hydrogens is 250 g/mol. The Morgan fingerprint density at radius 1 is 1.17 bits per heavy atom. The maximum atomic E-state index is 12.1. The molecule has 0 amide bonds. The first-order valence-electron chi connectivity index (χ1n) is 5.39. The SMILES string of the molecule is O=C(c1ccccn1)c1cc2cc(Cl)ccc2o1. The quantitative estimate of drug-likeness (QED) is 0.657. The van der Waals surface area contributed by atoms with Crippen LogP contribution in [0.1, 0.15) is 16.2 Å². The van der Waals surface area contributed by atoms with E-state index in [2.05, 4.69) is 4.98 Å². The fourth-order valence-corrected chi connectivity index (χ4v) is 1.93. The van der Waals surface area contributed by atoms with E-state index >= 15 is 0 Å². The van der Waals surface area contributed by atoms with Crippen LogP contribution in [0.15, 0.2) is 53.1 Å². The largest absolute Gasteiger partial charge is 0.453 e. The molecule has 0 radical (unpaired) electrons. The minimum atomic E-state index is -0.233. The Balaban J connectivity index is 2.07. The Bertz CT molecular complexity index is 719. The molecule has 0 saturated carbocycles. The predicted octanol–water partition coefficient (Wildman–Crippen LogP) is 3.71. The summed E-state index contributed by atoms with van der Waals surface area (Å²) in [6.07, 6.45) is 1.58. The smallest absolute Gasteiger partial charge is 0.246 e. The Morgan fingerprint density at radius 2 is 2.06 bits per heavy atom. The Hall–Kier alpha value is -2.13. The lowest BCUT2D eigenvalue weighted by Gasteiger charge is -1.94. The van der Waals surface area contributed by atoms with E-state index in [9.17, 15) is 4.79 Å². The van der Waals surface area contributed by atoms with Crippen LogP contribution >= 0.6 is 11.6 Å². The van der Waals surface area contributed by atoms with Gasteiger partial charge in [0.15, 0.2) is 5.76 Å². The lowest BCUT2D eigenvalue weighted by molar-refractivity contribution is 0.101. The fraction of sp³-hybridized carbons (Fsp3) is 0. The molecule has 2 heterocycles. The first-order chi connectivity index (χ1) is 8.74. The molecule has 0 spiro atoms. The Labute approximate surface area is 108 Å². The van der Waals surface area contributed by atoms with Crippen LogP contribution in [-0.2, 0) is 0 Å². The van der Waals surface area contributed by atoms with Gasteiger partial charge < -0.3 is 4.42 Å². The molecule has 18 heavy (non-hydrogen) atoms. The average Bonchev–Trinajstić information content (AvgIpc) is 2.81. The van der Waals surface area contributed by atoms with Crippen molar-refractivity contribution < 1.29 is 9.21 Å². The molecule has 4 heteroatoms. The molecule has 88 valence electrons. The minimum absolute atomic E-state index is 0.233. The zero-order valence-electron chi connectivity index (χ0n) is 9.26. The van der Waals surface area contributed by atoms with E-state index in [0.717, 1.165) is 5.39 Å². The number of ketones is 1. The molecule has 0 fully saturated rings. The molecule has 3 rings (SSSR count). The zero-order chi connectivity index (χ0) is 12.5. The molecule has 0 atom stereocenters. The lowest BCUT2D eigenvalue weighted by atomic mass is 10.2. The third-order valence-corrected chi connectivity index (χ3v) is 2.83. The molecule has 0 unspecified atom stereocenters. The highest BCUT2D eigenvalue weighted by atomic mass is 35.5. The molecule has 0 aliphatic rings. The van der Waals surface area contributed by atoms with Gasteiger partial charge in [-0.3, -0.25) is 9.78 Å². The number of fused-ring (bicyclic) bond motifs is 1. The van der Waals surface area contributed by atoms with Crippen molar-refractivity contribution in [1.82, 2.24) is 4.98 Å². The summed E-state index contributed by atoms with van der Waals surface area (Å²) in [7, 11) is 0. The number of carbonyl (C=O) groups excluding carboxylic acids is 1. The van der Waals surface area contributed by atoms with E-state index in [1.165, 1.54) is 0 Å². The van der Waals surface area contributed by atoms with Crippen molar-refractivity contribution in [2.24, 2.45) is 0 Å². The molecule has 3 aromatic rings. The maximum absolute atomic E-state index is 12.1. The van der Waals surface area contributed by atoms with Crippen molar-refractivity contribution in [1.29, 1.82) is 0 Å². The lowest BCUT2D eigenvalue weighted by Crippen LogP contribution is -2.01. The van der Waals surface area contributed by atoms with Gasteiger partial charge in [0.1, 0.15) is 11.3 Å². The van der Waals surface area contributed by atoms with E-state index in [-0.39, 0.29) is 11.5 Å². The molecule has 0 aliphatic carbocycles. The van der Waals surface area contributed by atoms with Gasteiger partial charge in [-0.2, -0.15) is 0 Å². The van der Waals surface area contributed by atoms with Crippen molar-refractivity contribution in [3.8, 4) is 0 Å². The number of halogens is 1. The fourth-order valence-electron chi connectivity index (χ4n) is 1.75. The van der Waals surface area contributed by atoms with Crippen molar-refractivity contribution in [2.75, 3.05) is 0 Å². The van der Waals surface area contributed by atoms with E-state index in [0.29, 0.717) is 16.3 Å². The highest BCUT2D eigenvalue weighted by molar-refractivity contribution is 6.31. The van der Waals surface area contributed by atoms with Crippen LogP contribution < -0.4 is 0 Å². The van der Waals surface area contributed by atoms with Crippen LogP contribution in [0.4, 0.5) is 0 Å². The van der Waals surface area contributed by atoms with Crippen molar-refractivity contribution in [2.45, 2.75) is 0 Å². The number of rotatable bonds is 2. The second kappa shape index (κ2) is 4.27. The molecule has 0 saturated heterocycles. The van der Waals surface area contributed by atoms with Crippen LogP contribution in [0.3, 0.4) is 0 Å². The third kappa shape index (κ3) is 1.89. The van der Waals surface area contributed by atoms with E-state index in [1.54, 1.807) is 48.7 Å². The second-order valence-corrected chi connectivity index (χ2v) is 4.27. The minimum Gasteiger partial charge on any atom is -0.453 e. The molecular formula is C14H8ClNO2. The molecule has 2 aromatic heterocycles. The first kappa shape index (κ1) is 11.0. The number of furan rings is 1. The van der Waals surface area contributed by atoms with Gasteiger partial charge in [-0.15, -0.1) is 0 Å². The maximum Gasteiger partial charge on any atom is 0.246 e. The van der Waals surface area contributed by atoms with Gasteiger partial charge in [0.05, 0.1) is 0 Å². The summed E-state index contributed by atoms with van der Waals surface area (Å²) in [4.78, 5) is 16.1. The molecule has 0 N–H and O–H groups in total. The summed E-state index contributed by atoms with van der Waals surface area (Å²) < 4.78 is 5.49. The van der Waals surface area contributed by atoms with Crippen molar-refractivity contribution in [3.05, 3.63) is 65.1 Å². The average molecular weight is 258 g/mol. The zero-order valence-corrected chi connectivity index (χ0v) is 10.0. The number of carbonyl (C=O) groups is 1. The predicted molar refractivity (Wildman–Crippen MR) is 68.9 cm³/mol. The van der Waals surface area contributed by atoms with Crippen LogP contribution in [0.5, 0.6) is 0 Å². The monoisotopic (exact) mass is 257 g/mol. The first-order valence-corrected chi connectivity index (χ1v) is 5.77. The Morgan fingerprint density at radius 3 is 2.83 bits per heavy atom. The van der Waals surface area contributed by atoms with E-state index < -0.39 is 0 Å². The molecule has 1 aromatic carbocycles. The molecule has 0 bridgehead atoms. The topological polar surface area (TPSA) is 43.1 Å². The summed E-state index contributed by atoms with van der Waals surface area (Å²) in [5, 5.41) is 1.42. The highest BCUT2D eigenvalue weighted by Gasteiger charge is 2.15. The van der Waals surface area contributed by atoms with Crippen molar-refractivity contribution in [3.63, 3.8) is 0 Å². The summed E-state index contributed by atoms with van der Waals surface area (Å²) in [6, 6.07) is 12.1. The summed E-state index contributed by atoms with van der Waals surface area (Å²) in [6.45, 7) is 0. The van der Waals surface area contributed by atoms with E-state index in [1.807, 2.05) is 0 Å². The molecule has 3 nitrogen and oxygen atoms in total. The van der Waals surface area contributed by atoms with Gasteiger partial charge in [0.25, 0.3) is 0 Å². The standard InChI is InChI=1S/C14H8ClNO2/c15-10-4-5-12-9(7-10)8-13(18-12)14(17)11-3-1-2-6-16-11/h1-8H. The van der Waals surface area contributed by atoms with Gasteiger partial charge in [-0.25, -0.2) is 0 Å². The summed E-state index contributed by atoms with van der Waals surface area (Å²) in [5.74, 6) is 0.0360.